The highest BCUT2D eigenvalue weighted by Gasteiger charge is 2.11. The molecule has 0 aromatic carbocycles. The van der Waals surface area contributed by atoms with Gasteiger partial charge in [-0.05, 0) is 27.7 Å². The molecule has 1 atom stereocenters. The Morgan fingerprint density at radius 3 is 1.50 bits per heavy atom. The molecular formula is C8H17NO5. The van der Waals surface area contributed by atoms with E-state index in [0.717, 1.165) is 0 Å². The van der Waals surface area contributed by atoms with Crippen molar-refractivity contribution in [2.24, 2.45) is 5.73 Å². The van der Waals surface area contributed by atoms with Gasteiger partial charge in [-0.2, -0.15) is 0 Å². The van der Waals surface area contributed by atoms with E-state index in [2.05, 4.69) is 0 Å². The first-order valence-electron chi connectivity index (χ1n) is 3.96. The van der Waals surface area contributed by atoms with E-state index in [1.807, 2.05) is 27.7 Å². The van der Waals surface area contributed by atoms with Crippen LogP contribution in [0.25, 0.3) is 0 Å². The number of nitrogens with two attached hydrogens (primary N) is 1. The van der Waals surface area contributed by atoms with Crippen LogP contribution < -0.4 is 5.73 Å². The molecule has 0 saturated heterocycles. The molecule has 1 unspecified atom stereocenters. The Morgan fingerprint density at radius 1 is 1.21 bits per heavy atom. The average molecular weight is 207 g/mol. The molecule has 0 aromatic rings. The number of hydrogen-bond donors (Lipinski definition) is 3. The fraction of sp³-hybridized carbons (Fsp3) is 0.750. The first kappa shape index (κ1) is 15.3. The zero-order chi connectivity index (χ0) is 11.9. The van der Waals surface area contributed by atoms with Crippen LogP contribution in [0.1, 0.15) is 27.7 Å². The predicted octanol–water partition coefficient (Wildman–Crippen LogP) is 0.262. The summed E-state index contributed by atoms with van der Waals surface area (Å²) in [7, 11) is 0. The number of carboxylic acid groups (broad SMARTS) is 2. The summed E-state index contributed by atoms with van der Waals surface area (Å²) in [5.74, 6) is -3.65. The fourth-order valence-electron chi connectivity index (χ4n) is 0.558. The largest absolute Gasteiger partial charge is 0.473 e. The van der Waals surface area contributed by atoms with Crippen molar-refractivity contribution in [1.82, 2.24) is 0 Å². The number of carboxylic acids is 2. The molecule has 84 valence electrons. The van der Waals surface area contributed by atoms with Crippen molar-refractivity contribution in [3.05, 3.63) is 0 Å². The Morgan fingerprint density at radius 2 is 1.50 bits per heavy atom. The second-order valence-electron chi connectivity index (χ2n) is 3.55. The van der Waals surface area contributed by atoms with Crippen LogP contribution in [-0.2, 0) is 14.3 Å². The molecule has 6 nitrogen and oxygen atoms in total. The Hall–Kier alpha value is -1.14. The number of rotatable bonds is 1. The van der Waals surface area contributed by atoms with Crippen molar-refractivity contribution >= 4 is 11.9 Å². The lowest BCUT2D eigenvalue weighted by atomic mass is 10.2. The standard InChI is InChI=1S/C6H15NO.C2H2O4/c1-5(7)8-6(2,3)4;3-1(4)2(5)6/h5H,7H2,1-4H3;(H,3,4)(H,5,6). The minimum atomic E-state index is -1.82. The Labute approximate surface area is 82.7 Å². The van der Waals surface area contributed by atoms with E-state index >= 15 is 0 Å². The van der Waals surface area contributed by atoms with Crippen molar-refractivity contribution in [3.63, 3.8) is 0 Å². The molecular weight excluding hydrogens is 190 g/mol. The maximum atomic E-state index is 9.10. The molecule has 0 aliphatic rings. The third-order valence-electron chi connectivity index (χ3n) is 0.722. The highest BCUT2D eigenvalue weighted by molar-refractivity contribution is 6.27. The van der Waals surface area contributed by atoms with Crippen molar-refractivity contribution in [2.75, 3.05) is 0 Å². The van der Waals surface area contributed by atoms with Gasteiger partial charge in [0.25, 0.3) is 0 Å². The van der Waals surface area contributed by atoms with Crippen molar-refractivity contribution < 1.29 is 24.5 Å². The zero-order valence-electron chi connectivity index (χ0n) is 8.77. The summed E-state index contributed by atoms with van der Waals surface area (Å²) in [4.78, 5) is 18.2. The summed E-state index contributed by atoms with van der Waals surface area (Å²) in [6.45, 7) is 7.77. The minimum Gasteiger partial charge on any atom is -0.473 e. The van der Waals surface area contributed by atoms with Crippen molar-refractivity contribution in [2.45, 2.75) is 39.5 Å². The summed E-state index contributed by atoms with van der Waals surface area (Å²) >= 11 is 0. The van der Waals surface area contributed by atoms with Crippen molar-refractivity contribution in [3.8, 4) is 0 Å². The summed E-state index contributed by atoms with van der Waals surface area (Å²) in [5.41, 5.74) is 5.25. The van der Waals surface area contributed by atoms with Gasteiger partial charge in [0, 0.05) is 0 Å². The molecule has 0 aliphatic heterocycles. The number of aliphatic carboxylic acids is 2. The molecule has 0 fully saturated rings. The lowest BCUT2D eigenvalue weighted by molar-refractivity contribution is -0.159. The van der Waals surface area contributed by atoms with Gasteiger partial charge in [0.1, 0.15) is 6.23 Å². The Kier molecular flexibility index (Phi) is 6.94. The summed E-state index contributed by atoms with van der Waals surface area (Å²) in [6, 6.07) is 0. The van der Waals surface area contributed by atoms with Gasteiger partial charge in [0.15, 0.2) is 0 Å². The monoisotopic (exact) mass is 207 g/mol. The first-order valence-corrected chi connectivity index (χ1v) is 3.96. The van der Waals surface area contributed by atoms with E-state index in [4.69, 9.17) is 30.3 Å². The third-order valence-corrected chi connectivity index (χ3v) is 0.722. The first-order chi connectivity index (χ1) is 6.06. The smallest absolute Gasteiger partial charge is 0.414 e. The summed E-state index contributed by atoms with van der Waals surface area (Å²) in [5, 5.41) is 14.8. The van der Waals surface area contributed by atoms with Crippen LogP contribution >= 0.6 is 0 Å². The molecule has 0 amide bonds. The number of carbonyl (C=O) groups is 2. The van der Waals surface area contributed by atoms with E-state index in [-0.39, 0.29) is 11.8 Å². The van der Waals surface area contributed by atoms with Gasteiger partial charge in [-0.3, -0.25) is 0 Å². The molecule has 0 aromatic heterocycles. The average Bonchev–Trinajstić information content (AvgIpc) is 1.81. The Balaban J connectivity index is 0. The molecule has 0 bridgehead atoms. The van der Waals surface area contributed by atoms with E-state index in [0.29, 0.717) is 0 Å². The summed E-state index contributed by atoms with van der Waals surface area (Å²) in [6.07, 6.45) is -0.157. The molecule has 0 saturated carbocycles. The highest BCUT2D eigenvalue weighted by atomic mass is 16.5. The Bertz CT molecular complexity index is 182. The van der Waals surface area contributed by atoms with Gasteiger partial charge in [-0.25, -0.2) is 9.59 Å². The van der Waals surface area contributed by atoms with Crippen LogP contribution in [0, 0.1) is 0 Å². The van der Waals surface area contributed by atoms with Gasteiger partial charge in [-0.15, -0.1) is 0 Å². The van der Waals surface area contributed by atoms with E-state index in [1.54, 1.807) is 0 Å². The molecule has 14 heavy (non-hydrogen) atoms. The van der Waals surface area contributed by atoms with Crippen LogP contribution in [0.5, 0.6) is 0 Å². The molecule has 0 aliphatic carbocycles. The molecule has 0 radical (unpaired) electrons. The third kappa shape index (κ3) is 17.1. The normalized spacial score (nSPS) is 12.4. The van der Waals surface area contributed by atoms with Crippen LogP contribution in [0.4, 0.5) is 0 Å². The molecule has 0 heterocycles. The van der Waals surface area contributed by atoms with E-state index < -0.39 is 11.9 Å². The van der Waals surface area contributed by atoms with Crippen LogP contribution in [0.15, 0.2) is 0 Å². The predicted molar refractivity (Wildman–Crippen MR) is 49.8 cm³/mol. The number of hydrogen-bond acceptors (Lipinski definition) is 4. The van der Waals surface area contributed by atoms with Gasteiger partial charge < -0.3 is 20.7 Å². The molecule has 0 spiro atoms. The van der Waals surface area contributed by atoms with E-state index in [1.165, 1.54) is 0 Å². The maximum Gasteiger partial charge on any atom is 0.414 e. The second kappa shape index (κ2) is 6.33. The van der Waals surface area contributed by atoms with Crippen molar-refractivity contribution in [1.29, 1.82) is 0 Å². The fourth-order valence-corrected chi connectivity index (χ4v) is 0.558. The van der Waals surface area contributed by atoms with Crippen LogP contribution in [-0.4, -0.2) is 34.0 Å². The van der Waals surface area contributed by atoms with Gasteiger partial charge in [0.05, 0.1) is 5.60 Å². The van der Waals surface area contributed by atoms with E-state index in [9.17, 15) is 0 Å². The molecule has 4 N–H and O–H groups in total. The quantitative estimate of drug-likeness (QED) is 0.420. The van der Waals surface area contributed by atoms with Gasteiger partial charge >= 0.3 is 11.9 Å². The summed E-state index contributed by atoms with van der Waals surface area (Å²) < 4.78 is 5.22. The second-order valence-corrected chi connectivity index (χ2v) is 3.55. The number of ether oxygens (including phenoxy) is 1. The lowest BCUT2D eigenvalue weighted by Gasteiger charge is -2.21. The topological polar surface area (TPSA) is 110 Å². The minimum absolute atomic E-state index is 0.103. The van der Waals surface area contributed by atoms with Gasteiger partial charge in [0.2, 0.25) is 0 Å². The zero-order valence-corrected chi connectivity index (χ0v) is 8.77. The molecule has 6 heteroatoms. The maximum absolute atomic E-state index is 9.10. The van der Waals surface area contributed by atoms with Crippen LogP contribution in [0.3, 0.4) is 0 Å². The van der Waals surface area contributed by atoms with Crippen LogP contribution in [0.2, 0.25) is 0 Å². The van der Waals surface area contributed by atoms with Gasteiger partial charge in [-0.1, -0.05) is 0 Å². The molecule has 0 rings (SSSR count). The lowest BCUT2D eigenvalue weighted by Crippen LogP contribution is -2.30. The highest BCUT2D eigenvalue weighted by Crippen LogP contribution is 2.06. The SMILES string of the molecule is CC(N)OC(C)(C)C.O=C(O)C(=O)O.